The monoisotopic (exact) mass is 447 g/mol. The van der Waals surface area contributed by atoms with Crippen molar-refractivity contribution in [3.05, 3.63) is 95.8 Å². The van der Waals surface area contributed by atoms with E-state index in [-0.39, 0.29) is 17.8 Å². The third-order valence-electron chi connectivity index (χ3n) is 5.29. The van der Waals surface area contributed by atoms with E-state index < -0.39 is 0 Å². The Hall–Kier alpha value is -3.67. The van der Waals surface area contributed by atoms with Gasteiger partial charge in [-0.25, -0.2) is 9.18 Å². The van der Waals surface area contributed by atoms with Crippen LogP contribution in [0.2, 0.25) is 0 Å². The first kappa shape index (κ1) is 24.0. The van der Waals surface area contributed by atoms with Crippen LogP contribution in [-0.2, 0) is 6.42 Å². The third-order valence-corrected chi connectivity index (χ3v) is 5.29. The lowest BCUT2D eigenvalue weighted by Gasteiger charge is -2.23. The highest BCUT2D eigenvalue weighted by atomic mass is 19.1. The van der Waals surface area contributed by atoms with Crippen molar-refractivity contribution in [2.45, 2.75) is 32.6 Å². The van der Waals surface area contributed by atoms with Crippen molar-refractivity contribution >= 4 is 23.3 Å². The molecule has 0 saturated heterocycles. The number of halogens is 1. The summed E-state index contributed by atoms with van der Waals surface area (Å²) >= 11 is 0. The number of unbranched alkanes of at least 4 members (excludes halogenated alkanes) is 1. The first-order chi connectivity index (χ1) is 16.1. The molecule has 0 aliphatic heterocycles. The number of nitrogens with zero attached hydrogens (tertiary/aromatic N) is 1. The van der Waals surface area contributed by atoms with Crippen LogP contribution in [0.3, 0.4) is 0 Å². The molecule has 5 nitrogen and oxygen atoms in total. The fraction of sp³-hybridized carbons (Fsp3) is 0.259. The van der Waals surface area contributed by atoms with E-state index in [9.17, 15) is 14.0 Å². The van der Waals surface area contributed by atoms with E-state index in [2.05, 4.69) is 17.6 Å². The Morgan fingerprint density at radius 2 is 1.58 bits per heavy atom. The van der Waals surface area contributed by atoms with Crippen LogP contribution in [-0.4, -0.2) is 25.0 Å². The predicted molar refractivity (Wildman–Crippen MR) is 131 cm³/mol. The van der Waals surface area contributed by atoms with Crippen molar-refractivity contribution in [1.29, 1.82) is 0 Å². The molecule has 0 aliphatic carbocycles. The summed E-state index contributed by atoms with van der Waals surface area (Å²) in [7, 11) is 0. The standard InChI is InChI=1S/C27H30FN3O2/c1-2-3-8-21-11-13-22(14-12-21)26(32)29-19-7-20-31(25-17-15-23(28)16-18-25)27(33)30-24-9-5-4-6-10-24/h4-6,9-18H,2-3,7-8,19-20H2,1H3,(H,29,32)(H,30,33). The zero-order chi connectivity index (χ0) is 23.5. The van der Waals surface area contributed by atoms with Crippen molar-refractivity contribution in [3.63, 3.8) is 0 Å². The molecule has 2 N–H and O–H groups in total. The van der Waals surface area contributed by atoms with Gasteiger partial charge < -0.3 is 10.6 Å². The summed E-state index contributed by atoms with van der Waals surface area (Å²) in [6.45, 7) is 2.93. The number of benzene rings is 3. The molecule has 3 rings (SSSR count). The lowest BCUT2D eigenvalue weighted by atomic mass is 10.1. The number of anilines is 2. The maximum Gasteiger partial charge on any atom is 0.326 e. The summed E-state index contributed by atoms with van der Waals surface area (Å²) in [6, 6.07) is 22.3. The Labute approximate surface area is 194 Å². The molecule has 0 atom stereocenters. The molecule has 0 spiro atoms. The van der Waals surface area contributed by atoms with Gasteiger partial charge in [-0.1, -0.05) is 43.7 Å². The number of aryl methyl sites for hydroxylation is 1. The zero-order valence-electron chi connectivity index (χ0n) is 18.9. The lowest BCUT2D eigenvalue weighted by Crippen LogP contribution is -2.37. The van der Waals surface area contributed by atoms with Crippen LogP contribution in [0.4, 0.5) is 20.6 Å². The second kappa shape index (κ2) is 12.4. The number of hydrogen-bond donors (Lipinski definition) is 2. The van der Waals surface area contributed by atoms with Gasteiger partial charge >= 0.3 is 6.03 Å². The van der Waals surface area contributed by atoms with E-state index in [1.54, 1.807) is 29.2 Å². The molecular weight excluding hydrogens is 417 g/mol. The number of rotatable bonds is 10. The van der Waals surface area contributed by atoms with Crippen LogP contribution in [0.15, 0.2) is 78.9 Å². The average molecular weight is 448 g/mol. The first-order valence-corrected chi connectivity index (χ1v) is 11.3. The molecule has 0 aromatic heterocycles. The molecule has 3 aromatic carbocycles. The molecular formula is C27H30FN3O2. The van der Waals surface area contributed by atoms with Gasteiger partial charge in [-0.2, -0.15) is 0 Å². The summed E-state index contributed by atoms with van der Waals surface area (Å²) in [6.07, 6.45) is 3.83. The minimum absolute atomic E-state index is 0.140. The third kappa shape index (κ3) is 7.45. The molecule has 0 aliphatic rings. The van der Waals surface area contributed by atoms with Gasteiger partial charge in [0.05, 0.1) is 0 Å². The Morgan fingerprint density at radius 1 is 0.879 bits per heavy atom. The summed E-state index contributed by atoms with van der Waals surface area (Å²) in [5, 5.41) is 5.77. The second-order valence-electron chi connectivity index (χ2n) is 7.83. The van der Waals surface area contributed by atoms with Gasteiger partial charge in [0, 0.05) is 30.0 Å². The molecule has 33 heavy (non-hydrogen) atoms. The summed E-state index contributed by atoms with van der Waals surface area (Å²) in [5.74, 6) is -0.505. The molecule has 3 amide bonds. The van der Waals surface area contributed by atoms with Crippen LogP contribution >= 0.6 is 0 Å². The smallest absolute Gasteiger partial charge is 0.326 e. The topological polar surface area (TPSA) is 61.4 Å². The van der Waals surface area contributed by atoms with Gasteiger partial charge in [-0.05, 0) is 73.4 Å². The summed E-state index contributed by atoms with van der Waals surface area (Å²) < 4.78 is 13.4. The van der Waals surface area contributed by atoms with E-state index in [4.69, 9.17) is 0 Å². The number of hydrogen-bond acceptors (Lipinski definition) is 2. The molecule has 172 valence electrons. The molecule has 0 fully saturated rings. The highest BCUT2D eigenvalue weighted by Crippen LogP contribution is 2.17. The minimum atomic E-state index is -0.366. The molecule has 0 bridgehead atoms. The van der Waals surface area contributed by atoms with E-state index in [1.807, 2.05) is 42.5 Å². The second-order valence-corrected chi connectivity index (χ2v) is 7.83. The highest BCUT2D eigenvalue weighted by molar-refractivity contribution is 6.01. The van der Waals surface area contributed by atoms with Crippen molar-refractivity contribution in [2.24, 2.45) is 0 Å². The van der Waals surface area contributed by atoms with Gasteiger partial charge in [0.1, 0.15) is 5.82 Å². The Balaban J connectivity index is 1.56. The molecule has 0 heterocycles. The maximum absolute atomic E-state index is 13.4. The number of urea groups is 1. The largest absolute Gasteiger partial charge is 0.352 e. The van der Waals surface area contributed by atoms with Gasteiger partial charge in [0.25, 0.3) is 5.91 Å². The fourth-order valence-electron chi connectivity index (χ4n) is 3.43. The molecule has 0 saturated carbocycles. The van der Waals surface area contributed by atoms with Crippen molar-refractivity contribution in [3.8, 4) is 0 Å². The normalized spacial score (nSPS) is 10.5. The number of carbonyl (C=O) groups is 2. The van der Waals surface area contributed by atoms with Crippen molar-refractivity contribution < 1.29 is 14.0 Å². The number of nitrogens with one attached hydrogen (secondary N) is 2. The number of amides is 3. The molecule has 6 heteroatoms. The lowest BCUT2D eigenvalue weighted by molar-refractivity contribution is 0.0953. The maximum atomic E-state index is 13.4. The van der Waals surface area contributed by atoms with Crippen molar-refractivity contribution in [2.75, 3.05) is 23.3 Å². The fourth-order valence-corrected chi connectivity index (χ4v) is 3.43. The SMILES string of the molecule is CCCCc1ccc(C(=O)NCCCN(C(=O)Nc2ccccc2)c2ccc(F)cc2)cc1. The van der Waals surface area contributed by atoms with Crippen LogP contribution in [0.5, 0.6) is 0 Å². The van der Waals surface area contributed by atoms with E-state index in [0.717, 1.165) is 19.3 Å². The first-order valence-electron chi connectivity index (χ1n) is 11.3. The molecule has 0 radical (unpaired) electrons. The van der Waals surface area contributed by atoms with E-state index in [0.29, 0.717) is 36.4 Å². The average Bonchev–Trinajstić information content (AvgIpc) is 2.84. The van der Waals surface area contributed by atoms with Crippen LogP contribution in [0.25, 0.3) is 0 Å². The number of carbonyl (C=O) groups excluding carboxylic acids is 2. The Bertz CT molecular complexity index is 1020. The molecule has 0 unspecified atom stereocenters. The Morgan fingerprint density at radius 3 is 2.24 bits per heavy atom. The summed E-state index contributed by atoms with van der Waals surface area (Å²) in [5.41, 5.74) is 3.10. The van der Waals surface area contributed by atoms with Gasteiger partial charge in [-0.15, -0.1) is 0 Å². The van der Waals surface area contributed by atoms with Gasteiger partial charge in [-0.3, -0.25) is 9.69 Å². The van der Waals surface area contributed by atoms with Crippen LogP contribution in [0.1, 0.15) is 42.1 Å². The molecule has 3 aromatic rings. The highest BCUT2D eigenvalue weighted by Gasteiger charge is 2.16. The quantitative estimate of drug-likeness (QED) is 0.373. The summed E-state index contributed by atoms with van der Waals surface area (Å²) in [4.78, 5) is 26.9. The van der Waals surface area contributed by atoms with Crippen LogP contribution in [0, 0.1) is 5.82 Å². The minimum Gasteiger partial charge on any atom is -0.352 e. The van der Waals surface area contributed by atoms with Gasteiger partial charge in [0.2, 0.25) is 0 Å². The number of para-hydroxylation sites is 1. The zero-order valence-corrected chi connectivity index (χ0v) is 18.9. The van der Waals surface area contributed by atoms with Crippen molar-refractivity contribution in [1.82, 2.24) is 5.32 Å². The van der Waals surface area contributed by atoms with E-state index in [1.165, 1.54) is 17.7 Å². The van der Waals surface area contributed by atoms with Gasteiger partial charge in [0.15, 0.2) is 0 Å². The van der Waals surface area contributed by atoms with Crippen LogP contribution < -0.4 is 15.5 Å². The Kier molecular flexibility index (Phi) is 9.00. The predicted octanol–water partition coefficient (Wildman–Crippen LogP) is 6.03. The van der Waals surface area contributed by atoms with E-state index >= 15 is 0 Å².